The summed E-state index contributed by atoms with van der Waals surface area (Å²) in [6, 6.07) is 0. The summed E-state index contributed by atoms with van der Waals surface area (Å²) in [7, 11) is 0. The molecule has 2 N–H and O–H groups in total. The lowest BCUT2D eigenvalue weighted by Crippen LogP contribution is -2.30. The first kappa shape index (κ1) is 9.27. The zero-order valence-electron chi connectivity index (χ0n) is 5.83. The maximum Gasteiger partial charge on any atom is 0.0700 e. The molecule has 0 aromatic rings. The fourth-order valence-electron chi connectivity index (χ4n) is 0.476. The number of hydrogen-bond acceptors (Lipinski definition) is 3. The van der Waals surface area contributed by atoms with Gasteiger partial charge in [0.15, 0.2) is 0 Å². The Kier molecular flexibility index (Phi) is 3.54. The average molecular weight is 150 g/mol. The van der Waals surface area contributed by atoms with E-state index in [2.05, 4.69) is 12.6 Å². The van der Waals surface area contributed by atoms with Gasteiger partial charge in [-0.2, -0.15) is 12.6 Å². The first-order chi connectivity index (χ1) is 3.98. The molecule has 0 radical (unpaired) electrons. The van der Waals surface area contributed by atoms with Crippen molar-refractivity contribution < 1.29 is 10.2 Å². The Morgan fingerprint density at radius 3 is 2.11 bits per heavy atom. The number of aliphatic hydroxyl groups is 2. The lowest BCUT2D eigenvalue weighted by atomic mass is 10.0. The van der Waals surface area contributed by atoms with Crippen molar-refractivity contribution in [2.75, 3.05) is 6.61 Å². The first-order valence-electron chi connectivity index (χ1n) is 2.99. The Balaban J connectivity index is 3.59. The molecule has 0 heterocycles. The van der Waals surface area contributed by atoms with E-state index in [9.17, 15) is 0 Å². The monoisotopic (exact) mass is 150 g/mol. The molecule has 0 rings (SSSR count). The van der Waals surface area contributed by atoms with E-state index < -0.39 is 10.9 Å². The summed E-state index contributed by atoms with van der Waals surface area (Å²) in [6.07, 6.45) is -0.123. The Morgan fingerprint density at radius 1 is 1.56 bits per heavy atom. The van der Waals surface area contributed by atoms with E-state index in [4.69, 9.17) is 10.2 Å². The van der Waals surface area contributed by atoms with Gasteiger partial charge in [-0.1, -0.05) is 0 Å². The molecule has 0 amide bonds. The topological polar surface area (TPSA) is 40.5 Å². The van der Waals surface area contributed by atoms with Crippen molar-refractivity contribution in [3.8, 4) is 0 Å². The van der Waals surface area contributed by atoms with Gasteiger partial charge in [0.1, 0.15) is 0 Å². The highest BCUT2D eigenvalue weighted by Crippen LogP contribution is 2.19. The minimum atomic E-state index is -0.522. The van der Waals surface area contributed by atoms with Crippen LogP contribution in [-0.4, -0.2) is 27.7 Å². The van der Waals surface area contributed by atoms with E-state index in [1.165, 1.54) is 0 Å². The van der Waals surface area contributed by atoms with Gasteiger partial charge < -0.3 is 10.2 Å². The fourth-order valence-corrected chi connectivity index (χ4v) is 0.605. The molecule has 0 aliphatic heterocycles. The molecule has 0 saturated heterocycles. The molecule has 1 atom stereocenters. The van der Waals surface area contributed by atoms with E-state index in [0.717, 1.165) is 0 Å². The van der Waals surface area contributed by atoms with Gasteiger partial charge in [0, 0.05) is 11.4 Å². The summed E-state index contributed by atoms with van der Waals surface area (Å²) >= 11 is 4.12. The minimum absolute atomic E-state index is 0.0190. The van der Waals surface area contributed by atoms with Crippen LogP contribution in [0.2, 0.25) is 0 Å². The largest absolute Gasteiger partial charge is 0.396 e. The highest BCUT2D eigenvalue weighted by atomic mass is 32.1. The van der Waals surface area contributed by atoms with Crippen LogP contribution in [-0.2, 0) is 0 Å². The van der Waals surface area contributed by atoms with Gasteiger partial charge in [-0.25, -0.2) is 0 Å². The average Bonchev–Trinajstić information content (AvgIpc) is 1.64. The van der Waals surface area contributed by atoms with Crippen LogP contribution in [0, 0.1) is 0 Å². The molecule has 0 aliphatic rings. The van der Waals surface area contributed by atoms with E-state index in [1.807, 2.05) is 13.8 Å². The Morgan fingerprint density at radius 2 is 2.00 bits per heavy atom. The quantitative estimate of drug-likeness (QED) is 0.511. The summed E-state index contributed by atoms with van der Waals surface area (Å²) in [5, 5.41) is 17.6. The standard InChI is InChI=1S/C6H14O2S/c1-6(2,9)5(8)3-4-7/h5,7-9H,3-4H2,1-2H3. The van der Waals surface area contributed by atoms with Crippen molar-refractivity contribution in [3.05, 3.63) is 0 Å². The number of aliphatic hydroxyl groups excluding tert-OH is 2. The van der Waals surface area contributed by atoms with Crippen molar-refractivity contribution >= 4 is 12.6 Å². The molecule has 0 aromatic carbocycles. The zero-order valence-corrected chi connectivity index (χ0v) is 6.73. The van der Waals surface area contributed by atoms with Crippen LogP contribution in [0.5, 0.6) is 0 Å². The fraction of sp³-hybridized carbons (Fsp3) is 1.00. The molecule has 3 heteroatoms. The number of rotatable bonds is 3. The highest BCUT2D eigenvalue weighted by molar-refractivity contribution is 7.81. The molecule has 56 valence electrons. The van der Waals surface area contributed by atoms with Crippen molar-refractivity contribution in [1.82, 2.24) is 0 Å². The lowest BCUT2D eigenvalue weighted by molar-refractivity contribution is 0.108. The summed E-state index contributed by atoms with van der Waals surface area (Å²) in [5.41, 5.74) is 0. The molecule has 0 aliphatic carbocycles. The SMILES string of the molecule is CC(C)(S)C(O)CCO. The minimum Gasteiger partial charge on any atom is -0.396 e. The van der Waals surface area contributed by atoms with Gasteiger partial charge in [-0.15, -0.1) is 0 Å². The third-order valence-corrected chi connectivity index (χ3v) is 1.52. The summed E-state index contributed by atoms with van der Waals surface area (Å²) in [6.45, 7) is 3.65. The predicted molar refractivity (Wildman–Crippen MR) is 40.8 cm³/mol. The van der Waals surface area contributed by atoms with Gasteiger partial charge in [-0.3, -0.25) is 0 Å². The molecule has 2 nitrogen and oxygen atoms in total. The van der Waals surface area contributed by atoms with E-state index in [0.29, 0.717) is 6.42 Å². The van der Waals surface area contributed by atoms with Crippen LogP contribution in [0.25, 0.3) is 0 Å². The molecule has 1 unspecified atom stereocenters. The van der Waals surface area contributed by atoms with E-state index in [1.54, 1.807) is 0 Å². The smallest absolute Gasteiger partial charge is 0.0700 e. The van der Waals surface area contributed by atoms with Crippen LogP contribution >= 0.6 is 12.6 Å². The Labute approximate surface area is 61.3 Å². The molecular weight excluding hydrogens is 136 g/mol. The summed E-state index contributed by atoms with van der Waals surface area (Å²) in [4.78, 5) is 0. The van der Waals surface area contributed by atoms with Crippen molar-refractivity contribution in [2.24, 2.45) is 0 Å². The second-order valence-electron chi connectivity index (χ2n) is 2.68. The summed E-state index contributed by atoms with van der Waals surface area (Å²) in [5.74, 6) is 0. The lowest BCUT2D eigenvalue weighted by Gasteiger charge is -2.23. The molecule has 0 saturated carbocycles. The van der Waals surface area contributed by atoms with Gasteiger partial charge in [0.25, 0.3) is 0 Å². The molecule has 0 aromatic heterocycles. The van der Waals surface area contributed by atoms with Gasteiger partial charge in [0.2, 0.25) is 0 Å². The molecule has 0 fully saturated rings. The number of thiol groups is 1. The van der Waals surface area contributed by atoms with Crippen LogP contribution in [0.3, 0.4) is 0 Å². The first-order valence-corrected chi connectivity index (χ1v) is 3.44. The zero-order chi connectivity index (χ0) is 7.49. The van der Waals surface area contributed by atoms with Gasteiger partial charge in [0.05, 0.1) is 6.10 Å². The normalized spacial score (nSPS) is 15.7. The predicted octanol–water partition coefficient (Wildman–Crippen LogP) is 0.438. The third kappa shape index (κ3) is 3.78. The second kappa shape index (κ2) is 3.44. The highest BCUT2D eigenvalue weighted by Gasteiger charge is 2.21. The van der Waals surface area contributed by atoms with Crippen LogP contribution in [0.4, 0.5) is 0 Å². The van der Waals surface area contributed by atoms with Crippen LogP contribution in [0.1, 0.15) is 20.3 Å². The molecular formula is C6H14O2S. The van der Waals surface area contributed by atoms with E-state index >= 15 is 0 Å². The van der Waals surface area contributed by atoms with Crippen molar-refractivity contribution in [3.63, 3.8) is 0 Å². The van der Waals surface area contributed by atoms with E-state index in [-0.39, 0.29) is 6.61 Å². The number of hydrogen-bond donors (Lipinski definition) is 3. The third-order valence-electron chi connectivity index (χ3n) is 1.22. The summed E-state index contributed by atoms with van der Waals surface area (Å²) < 4.78 is -0.400. The van der Waals surface area contributed by atoms with Crippen LogP contribution < -0.4 is 0 Å². The second-order valence-corrected chi connectivity index (χ2v) is 3.83. The Bertz CT molecular complexity index is 77.6. The van der Waals surface area contributed by atoms with Crippen LogP contribution in [0.15, 0.2) is 0 Å². The molecule has 9 heavy (non-hydrogen) atoms. The maximum absolute atomic E-state index is 9.15. The van der Waals surface area contributed by atoms with Gasteiger partial charge >= 0.3 is 0 Å². The van der Waals surface area contributed by atoms with Gasteiger partial charge in [-0.05, 0) is 20.3 Å². The molecule has 0 spiro atoms. The molecule has 0 bridgehead atoms. The Hall–Kier alpha value is 0.270. The maximum atomic E-state index is 9.15. The van der Waals surface area contributed by atoms with Crippen molar-refractivity contribution in [2.45, 2.75) is 31.1 Å². The van der Waals surface area contributed by atoms with Crippen molar-refractivity contribution in [1.29, 1.82) is 0 Å².